The molecule has 0 saturated carbocycles. The summed E-state index contributed by atoms with van der Waals surface area (Å²) in [4.78, 5) is 20.1. The lowest BCUT2D eigenvalue weighted by Crippen LogP contribution is -2.27. The number of imidazole rings is 1. The standard InChI is InChI=1S/C18H22N4O3/c1-4-25-9-14-21-15-16(22(14)10-18(2,3)24)12-6-5-11(8-23)7-13(12)20-17(15)19/h5-8,24H,4,9-10H2,1-3H3,(H2,19,20)/i/hT. The van der Waals surface area contributed by atoms with E-state index in [0.29, 0.717) is 41.4 Å². The number of benzene rings is 1. The predicted molar refractivity (Wildman–Crippen MR) is 96.5 cm³/mol. The number of hydrogen-bond donors (Lipinski definition) is 2. The van der Waals surface area contributed by atoms with Gasteiger partial charge in [0.15, 0.2) is 7.23 Å². The van der Waals surface area contributed by atoms with Crippen molar-refractivity contribution < 1.29 is 16.0 Å². The highest BCUT2D eigenvalue weighted by Crippen LogP contribution is 2.30. The fourth-order valence-electron chi connectivity index (χ4n) is 2.89. The number of carbonyl (C=O) groups is 1. The first-order valence-corrected chi connectivity index (χ1v) is 8.14. The van der Waals surface area contributed by atoms with E-state index in [1.807, 2.05) is 17.6 Å². The number of aliphatic hydroxyl groups is 1. The van der Waals surface area contributed by atoms with Crippen molar-refractivity contribution in [3.05, 3.63) is 29.6 Å². The molecular weight excluding hydrogens is 320 g/mol. The molecule has 0 radical (unpaired) electrons. The number of hydrogen-bond acceptors (Lipinski definition) is 6. The summed E-state index contributed by atoms with van der Waals surface area (Å²) < 4.78 is 15.0. The van der Waals surface area contributed by atoms with Crippen molar-refractivity contribution >= 4 is 34.0 Å². The molecule has 1 aromatic carbocycles. The number of pyridine rings is 1. The van der Waals surface area contributed by atoms with E-state index < -0.39 is 5.60 Å². The quantitative estimate of drug-likeness (QED) is 0.637. The zero-order valence-corrected chi connectivity index (χ0v) is 14.5. The van der Waals surface area contributed by atoms with Crippen LogP contribution in [0.3, 0.4) is 0 Å². The van der Waals surface area contributed by atoms with Gasteiger partial charge in [-0.2, -0.15) is 0 Å². The van der Waals surface area contributed by atoms with E-state index >= 15 is 0 Å². The molecule has 0 aliphatic carbocycles. The van der Waals surface area contributed by atoms with Gasteiger partial charge < -0.3 is 20.1 Å². The second kappa shape index (κ2) is 6.42. The Hall–Kier alpha value is -2.51. The highest BCUT2D eigenvalue weighted by atomic mass is 16.5. The Bertz CT molecular complexity index is 963. The average Bonchev–Trinajstić information content (AvgIpc) is 2.95. The molecule has 25 heavy (non-hydrogen) atoms. The summed E-state index contributed by atoms with van der Waals surface area (Å²) in [7, 11) is 0. The lowest BCUT2D eigenvalue weighted by Gasteiger charge is -2.20. The number of aromatic nitrogens is 3. The second-order valence-electron chi connectivity index (χ2n) is 6.62. The van der Waals surface area contributed by atoms with Crippen LogP contribution in [-0.2, 0) is 17.9 Å². The number of nitrogens with two attached hydrogens (primary N) is 1. The smallest absolute Gasteiger partial charge is 0.158 e. The molecule has 7 nitrogen and oxygen atoms in total. The minimum Gasteiger partial charge on any atom is -0.389 e. The van der Waals surface area contributed by atoms with Gasteiger partial charge in [-0.05, 0) is 32.9 Å². The Kier molecular flexibility index (Phi) is 4.10. The third-order valence-corrected chi connectivity index (χ3v) is 3.90. The molecule has 0 spiro atoms. The van der Waals surface area contributed by atoms with Crippen LogP contribution in [0.2, 0.25) is 1.41 Å². The van der Waals surface area contributed by atoms with E-state index in [-0.39, 0.29) is 6.61 Å². The van der Waals surface area contributed by atoms with Crippen LogP contribution in [0.15, 0.2) is 18.2 Å². The van der Waals surface area contributed by atoms with E-state index in [0.717, 1.165) is 17.2 Å². The lowest BCUT2D eigenvalue weighted by atomic mass is 10.1. The molecule has 3 rings (SSSR count). The summed E-state index contributed by atoms with van der Waals surface area (Å²) in [5.41, 5.74) is 3.72. The second-order valence-corrected chi connectivity index (χ2v) is 6.62. The zero-order chi connectivity index (χ0) is 18.9. The van der Waals surface area contributed by atoms with Gasteiger partial charge in [-0.25, -0.2) is 9.97 Å². The van der Waals surface area contributed by atoms with Gasteiger partial charge in [0.2, 0.25) is 0 Å². The van der Waals surface area contributed by atoms with Gasteiger partial charge in [-0.3, -0.25) is 4.79 Å². The number of carbonyl (C=O) groups excluding carboxylic acids is 1. The Morgan fingerprint density at radius 2 is 2.24 bits per heavy atom. The third-order valence-electron chi connectivity index (χ3n) is 3.90. The summed E-state index contributed by atoms with van der Waals surface area (Å²) in [5.74, 6) is 0.942. The Morgan fingerprint density at radius 3 is 2.88 bits per heavy atom. The molecule has 2 aromatic heterocycles. The van der Waals surface area contributed by atoms with Gasteiger partial charge in [-0.1, -0.05) is 6.07 Å². The van der Waals surface area contributed by atoms with Crippen LogP contribution in [0.1, 0.15) is 37.0 Å². The molecule has 0 atom stereocenters. The van der Waals surface area contributed by atoms with Crippen LogP contribution in [0.4, 0.5) is 5.82 Å². The number of rotatable bonds is 7. The van der Waals surface area contributed by atoms with Crippen molar-refractivity contribution in [2.45, 2.75) is 39.5 Å². The van der Waals surface area contributed by atoms with E-state index in [2.05, 4.69) is 15.7 Å². The van der Waals surface area contributed by atoms with Crippen molar-refractivity contribution in [1.82, 2.24) is 14.5 Å². The maximum Gasteiger partial charge on any atom is 0.158 e. The van der Waals surface area contributed by atoms with Crippen LogP contribution in [0.25, 0.3) is 21.9 Å². The molecule has 0 aliphatic rings. The van der Waals surface area contributed by atoms with Gasteiger partial charge >= 0.3 is 0 Å². The number of ether oxygens (including phenoxy) is 1. The molecule has 3 aromatic rings. The SMILES string of the molecule is [3H]Nc1nc2cc(C=O)ccc2c2c1nc(COCC)n2CC(C)(C)O. The summed E-state index contributed by atoms with van der Waals surface area (Å²) >= 11 is 0. The van der Waals surface area contributed by atoms with Gasteiger partial charge in [0, 0.05) is 17.6 Å². The molecule has 0 bridgehead atoms. The van der Waals surface area contributed by atoms with E-state index in [1.165, 1.54) is 0 Å². The van der Waals surface area contributed by atoms with Crippen molar-refractivity contribution in [2.24, 2.45) is 0 Å². The molecule has 0 saturated heterocycles. The molecule has 132 valence electrons. The van der Waals surface area contributed by atoms with Crippen molar-refractivity contribution in [2.75, 3.05) is 12.3 Å². The number of anilines is 1. The molecule has 3 N–H and O–H groups in total. The summed E-state index contributed by atoms with van der Waals surface area (Å²) in [6.45, 7) is 6.47. The predicted octanol–water partition coefficient (Wildman–Crippen LogP) is 2.29. The summed E-state index contributed by atoms with van der Waals surface area (Å²) in [6.07, 6.45) is 0.758. The largest absolute Gasteiger partial charge is 0.389 e. The average molecular weight is 344 g/mol. The van der Waals surface area contributed by atoms with Gasteiger partial charge in [0.1, 0.15) is 24.2 Å². The first-order valence-electron chi connectivity index (χ1n) is 8.64. The van der Waals surface area contributed by atoms with Crippen LogP contribution in [-0.4, -0.2) is 38.1 Å². The van der Waals surface area contributed by atoms with Crippen molar-refractivity contribution in [3.63, 3.8) is 0 Å². The molecule has 2 heterocycles. The molecule has 7 heteroatoms. The number of aldehydes is 1. The fraction of sp³-hybridized carbons (Fsp3) is 0.389. The normalized spacial score (nSPS) is 12.6. The van der Waals surface area contributed by atoms with Crippen LogP contribution in [0.5, 0.6) is 0 Å². The lowest BCUT2D eigenvalue weighted by molar-refractivity contribution is 0.0582. The minimum atomic E-state index is -0.971. The van der Waals surface area contributed by atoms with Gasteiger partial charge in [-0.15, -0.1) is 0 Å². The van der Waals surface area contributed by atoms with E-state index in [4.69, 9.17) is 6.15 Å². The minimum absolute atomic E-state index is 0.284. The number of fused-ring (bicyclic) bond motifs is 3. The van der Waals surface area contributed by atoms with Gasteiger partial charge in [0.05, 0.1) is 23.2 Å². The Balaban J connectivity index is 2.37. The van der Waals surface area contributed by atoms with Gasteiger partial charge in [0.25, 0.3) is 0 Å². The summed E-state index contributed by atoms with van der Waals surface area (Å²) in [5, 5.41) is 11.2. The molecule has 0 fully saturated rings. The van der Waals surface area contributed by atoms with E-state index in [1.54, 1.807) is 26.0 Å². The maximum absolute atomic E-state index is 11.1. The summed E-state index contributed by atoms with van der Waals surface area (Å²) in [6, 6.07) is 5.20. The number of nitrogens with zero attached hydrogens (tertiary/aromatic N) is 3. The first kappa shape index (κ1) is 16.0. The Labute approximate surface area is 146 Å². The fourth-order valence-corrected chi connectivity index (χ4v) is 2.89. The molecule has 0 unspecified atom stereocenters. The molecule has 0 amide bonds. The van der Waals surface area contributed by atoms with Crippen LogP contribution >= 0.6 is 0 Å². The van der Waals surface area contributed by atoms with Crippen molar-refractivity contribution in [1.29, 1.82) is 0 Å². The number of nitrogen functional groups attached to an aromatic ring is 1. The first-order chi connectivity index (χ1) is 12.4. The zero-order valence-electron chi connectivity index (χ0n) is 15.5. The van der Waals surface area contributed by atoms with Crippen LogP contribution in [0, 0.1) is 0 Å². The molecule has 0 aliphatic heterocycles. The van der Waals surface area contributed by atoms with E-state index in [9.17, 15) is 9.90 Å². The Morgan fingerprint density at radius 1 is 1.44 bits per heavy atom. The van der Waals surface area contributed by atoms with Crippen LogP contribution < -0.4 is 5.73 Å². The monoisotopic (exact) mass is 344 g/mol. The van der Waals surface area contributed by atoms with Crippen molar-refractivity contribution in [3.8, 4) is 0 Å². The maximum atomic E-state index is 11.1. The topological polar surface area (TPSA) is 103 Å². The highest BCUT2D eigenvalue weighted by molar-refractivity contribution is 6.07. The highest BCUT2D eigenvalue weighted by Gasteiger charge is 2.22. The molecular formula is C18H22N4O3. The third kappa shape index (κ3) is 3.33.